The molecule has 4 rings (SSSR count). The lowest BCUT2D eigenvalue weighted by molar-refractivity contribution is -0.384. The Balaban J connectivity index is 1.53. The van der Waals surface area contributed by atoms with E-state index in [-0.39, 0.29) is 34.9 Å². The second-order valence-corrected chi connectivity index (χ2v) is 15.0. The third-order valence-corrected chi connectivity index (χ3v) is 9.10. The van der Waals surface area contributed by atoms with Gasteiger partial charge >= 0.3 is 12.1 Å². The van der Waals surface area contributed by atoms with Gasteiger partial charge in [0.1, 0.15) is 22.8 Å². The van der Waals surface area contributed by atoms with Gasteiger partial charge in [0.05, 0.1) is 47.8 Å². The number of ether oxygens (including phenoxy) is 4. The number of amides is 2. The standard InChI is InChI=1S/C33H37BrFN5O11S/c1-33(2,3)51-32(43)37-26-9-6-22(17-25(26)35)50-29-15-20(34)5-8-24(29)31(42)38-52(46,47)23-7-10-27(28(18-23)40(44)45)36-21(16-30(41)48-4)19-39-11-13-49-14-12-39/h5-10,15,17-18,21,36H,11-14,16,19H2,1-4H3,(H,37,43)(H,38,42). The lowest BCUT2D eigenvalue weighted by atomic mass is 10.1. The third-order valence-electron chi connectivity index (χ3n) is 7.28. The highest BCUT2D eigenvalue weighted by Gasteiger charge is 2.28. The van der Waals surface area contributed by atoms with Crippen molar-refractivity contribution in [3.05, 3.63) is 80.6 Å². The highest BCUT2D eigenvalue weighted by molar-refractivity contribution is 9.10. The lowest BCUT2D eigenvalue weighted by Crippen LogP contribution is -2.44. The number of halogens is 2. The van der Waals surface area contributed by atoms with Crippen molar-refractivity contribution in [2.24, 2.45) is 0 Å². The van der Waals surface area contributed by atoms with Crippen LogP contribution in [-0.2, 0) is 29.0 Å². The largest absolute Gasteiger partial charge is 0.469 e. The smallest absolute Gasteiger partial charge is 0.412 e. The first-order valence-corrected chi connectivity index (χ1v) is 18.0. The predicted octanol–water partition coefficient (Wildman–Crippen LogP) is 5.43. The zero-order chi connectivity index (χ0) is 38.2. The van der Waals surface area contributed by atoms with Gasteiger partial charge in [-0.05, 0) is 63.2 Å². The maximum Gasteiger partial charge on any atom is 0.412 e. The number of nitrogens with zero attached hydrogens (tertiary/aromatic N) is 2. The number of esters is 1. The SMILES string of the molecule is COC(=O)CC(CN1CCOCC1)Nc1ccc(S(=O)(=O)NC(=O)c2ccc(Br)cc2Oc2ccc(NC(=O)OC(C)(C)C)c(F)c2)cc1[N+](=O)[O-]. The average molecular weight is 811 g/mol. The van der Waals surface area contributed by atoms with E-state index < -0.39 is 61.0 Å². The molecule has 280 valence electrons. The maximum atomic E-state index is 14.9. The van der Waals surface area contributed by atoms with E-state index in [0.29, 0.717) is 37.3 Å². The van der Waals surface area contributed by atoms with Crippen LogP contribution in [-0.4, -0.2) is 87.8 Å². The van der Waals surface area contributed by atoms with Crippen molar-refractivity contribution in [3.8, 4) is 11.5 Å². The quantitative estimate of drug-likeness (QED) is 0.112. The van der Waals surface area contributed by atoms with Crippen LogP contribution < -0.4 is 20.1 Å². The first kappa shape index (κ1) is 39.9. The van der Waals surface area contributed by atoms with Crippen LogP contribution in [0.2, 0.25) is 0 Å². The topological polar surface area (TPSA) is 205 Å². The maximum absolute atomic E-state index is 14.9. The minimum Gasteiger partial charge on any atom is -0.469 e. The number of hydrogen-bond donors (Lipinski definition) is 3. The number of carbonyl (C=O) groups is 3. The molecule has 52 heavy (non-hydrogen) atoms. The van der Waals surface area contributed by atoms with Crippen LogP contribution >= 0.6 is 15.9 Å². The van der Waals surface area contributed by atoms with Crippen LogP contribution in [0.5, 0.6) is 11.5 Å². The fraction of sp³-hybridized carbons (Fsp3) is 0.364. The summed E-state index contributed by atoms with van der Waals surface area (Å²) in [6.07, 6.45) is -1.01. The van der Waals surface area contributed by atoms with Crippen LogP contribution in [0.1, 0.15) is 37.6 Å². The predicted molar refractivity (Wildman–Crippen MR) is 190 cm³/mol. The molecule has 0 radical (unpaired) electrons. The van der Waals surface area contributed by atoms with E-state index in [1.54, 1.807) is 20.8 Å². The monoisotopic (exact) mass is 809 g/mol. The minimum absolute atomic E-state index is 0.0550. The zero-order valence-corrected chi connectivity index (χ0v) is 31.0. The van der Waals surface area contributed by atoms with Crippen LogP contribution in [0.15, 0.2) is 64.0 Å². The van der Waals surface area contributed by atoms with E-state index >= 15 is 0 Å². The number of hydrogen-bond acceptors (Lipinski definition) is 13. The number of rotatable bonds is 13. The molecular weight excluding hydrogens is 773 g/mol. The summed E-state index contributed by atoms with van der Waals surface area (Å²) in [5.74, 6) is -2.86. The highest BCUT2D eigenvalue weighted by atomic mass is 79.9. The molecule has 0 saturated carbocycles. The first-order valence-electron chi connectivity index (χ1n) is 15.7. The Labute approximate surface area is 307 Å². The number of methoxy groups -OCH3 is 1. The van der Waals surface area contributed by atoms with Crippen LogP contribution in [0.25, 0.3) is 0 Å². The second-order valence-electron chi connectivity index (χ2n) is 12.4. The number of nitro benzene ring substituents is 1. The molecule has 3 N–H and O–H groups in total. The van der Waals surface area contributed by atoms with Crippen molar-refractivity contribution in [1.29, 1.82) is 0 Å². The van der Waals surface area contributed by atoms with E-state index in [4.69, 9.17) is 18.9 Å². The summed E-state index contributed by atoms with van der Waals surface area (Å²) in [4.78, 5) is 50.2. The molecule has 0 aromatic heterocycles. The van der Waals surface area contributed by atoms with Gasteiger partial charge in [-0.1, -0.05) is 15.9 Å². The second kappa shape index (κ2) is 17.1. The normalized spacial score (nSPS) is 14.1. The van der Waals surface area contributed by atoms with Crippen molar-refractivity contribution in [3.63, 3.8) is 0 Å². The van der Waals surface area contributed by atoms with E-state index in [2.05, 4.69) is 26.6 Å². The van der Waals surface area contributed by atoms with Gasteiger partial charge in [0.25, 0.3) is 21.6 Å². The fourth-order valence-corrected chi connectivity index (χ4v) is 6.24. The van der Waals surface area contributed by atoms with Gasteiger partial charge in [0.2, 0.25) is 0 Å². The van der Waals surface area contributed by atoms with E-state index in [1.807, 2.05) is 9.62 Å². The molecule has 0 bridgehead atoms. The Kier molecular flexibility index (Phi) is 13.1. The molecule has 19 heteroatoms. The van der Waals surface area contributed by atoms with Gasteiger partial charge in [0.15, 0.2) is 5.82 Å². The number of morpholine rings is 1. The minimum atomic E-state index is -4.70. The van der Waals surface area contributed by atoms with E-state index in [0.717, 1.165) is 18.2 Å². The summed E-state index contributed by atoms with van der Waals surface area (Å²) in [6.45, 7) is 7.40. The van der Waals surface area contributed by atoms with Crippen LogP contribution in [0.3, 0.4) is 0 Å². The number of benzene rings is 3. The van der Waals surface area contributed by atoms with Crippen molar-refractivity contribution in [2.75, 3.05) is 50.6 Å². The highest BCUT2D eigenvalue weighted by Crippen LogP contribution is 2.32. The van der Waals surface area contributed by atoms with E-state index in [1.165, 1.54) is 43.5 Å². The Bertz CT molecular complexity index is 1940. The Morgan fingerprint density at radius 2 is 1.75 bits per heavy atom. The zero-order valence-electron chi connectivity index (χ0n) is 28.6. The molecule has 1 heterocycles. The van der Waals surface area contributed by atoms with Crippen molar-refractivity contribution in [2.45, 2.75) is 43.7 Å². The fourth-order valence-electron chi connectivity index (χ4n) is 4.92. The van der Waals surface area contributed by atoms with Gasteiger partial charge in [0, 0.05) is 42.3 Å². The molecule has 1 aliphatic heterocycles. The summed E-state index contributed by atoms with van der Waals surface area (Å²) in [5, 5.41) is 17.3. The van der Waals surface area contributed by atoms with Gasteiger partial charge < -0.3 is 24.3 Å². The summed E-state index contributed by atoms with van der Waals surface area (Å²) < 4.78 is 64.9. The van der Waals surface area contributed by atoms with Crippen LogP contribution in [0.4, 0.5) is 26.2 Å². The number of sulfonamides is 1. The summed E-state index contributed by atoms with van der Waals surface area (Å²) >= 11 is 3.25. The number of nitrogens with one attached hydrogen (secondary N) is 3. The van der Waals surface area contributed by atoms with Crippen LogP contribution in [0, 0.1) is 15.9 Å². The van der Waals surface area contributed by atoms with Crippen molar-refractivity contribution < 1.29 is 51.1 Å². The van der Waals surface area contributed by atoms with Crippen molar-refractivity contribution >= 4 is 61.0 Å². The Morgan fingerprint density at radius 1 is 1.06 bits per heavy atom. The number of anilines is 2. The summed E-state index contributed by atoms with van der Waals surface area (Å²) in [5.41, 5.74) is -1.97. The van der Waals surface area contributed by atoms with Gasteiger partial charge in [-0.25, -0.2) is 22.3 Å². The Morgan fingerprint density at radius 3 is 2.38 bits per heavy atom. The molecule has 3 aromatic carbocycles. The van der Waals surface area contributed by atoms with Gasteiger partial charge in [-0.15, -0.1) is 0 Å². The van der Waals surface area contributed by atoms with E-state index in [9.17, 15) is 37.3 Å². The molecule has 0 spiro atoms. The molecule has 1 aliphatic rings. The van der Waals surface area contributed by atoms with Gasteiger partial charge in [-0.2, -0.15) is 0 Å². The molecule has 1 atom stereocenters. The van der Waals surface area contributed by atoms with Gasteiger partial charge in [-0.3, -0.25) is 29.9 Å². The first-order chi connectivity index (χ1) is 24.4. The average Bonchev–Trinajstić information content (AvgIpc) is 3.05. The van der Waals surface area contributed by atoms with Crippen molar-refractivity contribution in [1.82, 2.24) is 9.62 Å². The molecule has 1 saturated heterocycles. The molecular formula is C33H37BrFN5O11S. The summed E-state index contributed by atoms with van der Waals surface area (Å²) in [7, 11) is -3.48. The molecule has 16 nitrogen and oxygen atoms in total. The summed E-state index contributed by atoms with van der Waals surface area (Å²) in [6, 6.07) is 9.90. The molecule has 3 aromatic rings. The number of nitro groups is 1. The lowest BCUT2D eigenvalue weighted by Gasteiger charge is -2.30. The molecule has 2 amide bonds. The Hall–Kier alpha value is -4.85. The molecule has 1 fully saturated rings. The number of carbonyl (C=O) groups excluding carboxylic acids is 3. The molecule has 1 unspecified atom stereocenters. The third kappa shape index (κ3) is 11.3. The molecule has 0 aliphatic carbocycles.